The van der Waals surface area contributed by atoms with Gasteiger partial charge in [-0.15, -0.1) is 0 Å². The van der Waals surface area contributed by atoms with Crippen molar-refractivity contribution in [3.05, 3.63) is 0 Å². The molecule has 0 spiro atoms. The molecule has 0 aliphatic carbocycles. The number of hydrogen-bond acceptors (Lipinski definition) is 2. The molecule has 0 radical (unpaired) electrons. The molecule has 0 amide bonds. The van der Waals surface area contributed by atoms with Gasteiger partial charge < -0.3 is 0 Å². The SMILES string of the molecule is CCCCC(=O)C#CC#CC(=O)CCCC. The summed E-state index contributed by atoms with van der Waals surface area (Å²) in [5, 5.41) is 0. The van der Waals surface area contributed by atoms with Crippen molar-refractivity contribution >= 4 is 11.6 Å². The van der Waals surface area contributed by atoms with E-state index in [4.69, 9.17) is 0 Å². The van der Waals surface area contributed by atoms with Crippen molar-refractivity contribution in [2.45, 2.75) is 52.4 Å². The van der Waals surface area contributed by atoms with E-state index in [2.05, 4.69) is 23.7 Å². The highest BCUT2D eigenvalue weighted by Crippen LogP contribution is 1.94. The van der Waals surface area contributed by atoms with E-state index in [-0.39, 0.29) is 11.6 Å². The normalized spacial score (nSPS) is 8.38. The zero-order valence-corrected chi connectivity index (χ0v) is 10.1. The first-order valence-electron chi connectivity index (χ1n) is 5.78. The highest BCUT2D eigenvalue weighted by molar-refractivity contribution is 5.98. The summed E-state index contributed by atoms with van der Waals surface area (Å²) < 4.78 is 0. The van der Waals surface area contributed by atoms with E-state index in [1.807, 2.05) is 13.8 Å². The van der Waals surface area contributed by atoms with Crippen LogP contribution in [0.3, 0.4) is 0 Å². The van der Waals surface area contributed by atoms with Crippen LogP contribution in [0.15, 0.2) is 0 Å². The monoisotopic (exact) mass is 218 g/mol. The number of ketones is 2. The summed E-state index contributed by atoms with van der Waals surface area (Å²) in [4.78, 5) is 22.2. The molecule has 2 heteroatoms. The second kappa shape index (κ2) is 9.99. The van der Waals surface area contributed by atoms with Gasteiger partial charge in [-0.2, -0.15) is 0 Å². The molecule has 16 heavy (non-hydrogen) atoms. The summed E-state index contributed by atoms with van der Waals surface area (Å²) in [5.74, 6) is 9.47. The Balaban J connectivity index is 3.94. The van der Waals surface area contributed by atoms with Gasteiger partial charge in [0.1, 0.15) is 0 Å². The van der Waals surface area contributed by atoms with E-state index in [0.29, 0.717) is 12.8 Å². The first-order valence-corrected chi connectivity index (χ1v) is 5.78. The largest absolute Gasteiger partial charge is 0.285 e. The van der Waals surface area contributed by atoms with Gasteiger partial charge in [0.05, 0.1) is 0 Å². The maximum atomic E-state index is 11.1. The average molecular weight is 218 g/mol. The topological polar surface area (TPSA) is 34.1 Å². The Morgan fingerprint density at radius 3 is 1.50 bits per heavy atom. The first-order chi connectivity index (χ1) is 7.70. The summed E-state index contributed by atoms with van der Waals surface area (Å²) >= 11 is 0. The molecule has 86 valence electrons. The Bertz CT molecular complexity index is 308. The van der Waals surface area contributed by atoms with Crippen molar-refractivity contribution in [2.24, 2.45) is 0 Å². The van der Waals surface area contributed by atoms with Gasteiger partial charge in [-0.3, -0.25) is 9.59 Å². The van der Waals surface area contributed by atoms with E-state index in [0.717, 1.165) is 25.7 Å². The van der Waals surface area contributed by atoms with Crippen LogP contribution in [0.2, 0.25) is 0 Å². The highest BCUT2D eigenvalue weighted by Gasteiger charge is 1.94. The lowest BCUT2D eigenvalue weighted by molar-refractivity contribution is -0.114. The molecule has 2 nitrogen and oxygen atoms in total. The van der Waals surface area contributed by atoms with E-state index in [1.165, 1.54) is 0 Å². The van der Waals surface area contributed by atoms with Gasteiger partial charge >= 0.3 is 0 Å². The summed E-state index contributed by atoms with van der Waals surface area (Å²) in [6, 6.07) is 0. The molecular formula is C14H18O2. The van der Waals surface area contributed by atoms with Gasteiger partial charge in [0.25, 0.3) is 0 Å². The fraction of sp³-hybridized carbons (Fsp3) is 0.571. The fourth-order valence-corrected chi connectivity index (χ4v) is 1.00. The van der Waals surface area contributed by atoms with Gasteiger partial charge in [0, 0.05) is 12.8 Å². The Morgan fingerprint density at radius 1 is 0.812 bits per heavy atom. The Morgan fingerprint density at radius 2 is 1.19 bits per heavy atom. The van der Waals surface area contributed by atoms with Gasteiger partial charge in [0.2, 0.25) is 11.6 Å². The smallest absolute Gasteiger partial charge is 0.206 e. The third-order valence-corrected chi connectivity index (χ3v) is 1.98. The molecular weight excluding hydrogens is 200 g/mol. The summed E-state index contributed by atoms with van der Waals surface area (Å²) in [7, 11) is 0. The Kier molecular flexibility index (Phi) is 9.03. The predicted molar refractivity (Wildman–Crippen MR) is 64.6 cm³/mol. The maximum Gasteiger partial charge on any atom is 0.206 e. The third-order valence-electron chi connectivity index (χ3n) is 1.98. The molecule has 0 fully saturated rings. The minimum atomic E-state index is -0.0999. The van der Waals surface area contributed by atoms with Crippen LogP contribution >= 0.6 is 0 Å². The van der Waals surface area contributed by atoms with E-state index in [9.17, 15) is 9.59 Å². The molecule has 0 aromatic heterocycles. The molecule has 0 atom stereocenters. The van der Waals surface area contributed by atoms with Gasteiger partial charge in [-0.25, -0.2) is 0 Å². The fourth-order valence-electron chi connectivity index (χ4n) is 1.00. The standard InChI is InChI=1S/C14H18O2/c1-3-5-9-13(15)11-7-8-12-14(16)10-6-4-2/h3-6,9-10H2,1-2H3. The lowest BCUT2D eigenvalue weighted by Gasteiger charge is -1.87. The average Bonchev–Trinajstić information content (AvgIpc) is 2.29. The zero-order valence-electron chi connectivity index (χ0n) is 10.1. The van der Waals surface area contributed by atoms with Crippen LogP contribution in [0, 0.1) is 23.7 Å². The summed E-state index contributed by atoms with van der Waals surface area (Å²) in [5.41, 5.74) is 0. The third kappa shape index (κ3) is 9.03. The first kappa shape index (κ1) is 14.5. The quantitative estimate of drug-likeness (QED) is 0.507. The maximum absolute atomic E-state index is 11.1. The molecule has 0 heterocycles. The van der Waals surface area contributed by atoms with E-state index >= 15 is 0 Å². The number of rotatable bonds is 6. The van der Waals surface area contributed by atoms with Crippen molar-refractivity contribution in [1.82, 2.24) is 0 Å². The van der Waals surface area contributed by atoms with Crippen LogP contribution in [0.25, 0.3) is 0 Å². The van der Waals surface area contributed by atoms with Crippen LogP contribution in [-0.4, -0.2) is 11.6 Å². The molecule has 0 N–H and O–H groups in total. The van der Waals surface area contributed by atoms with E-state index < -0.39 is 0 Å². The van der Waals surface area contributed by atoms with Crippen LogP contribution in [-0.2, 0) is 9.59 Å². The molecule has 0 aliphatic rings. The summed E-state index contributed by atoms with van der Waals surface area (Å²) in [6.45, 7) is 4.04. The van der Waals surface area contributed by atoms with Crippen LogP contribution < -0.4 is 0 Å². The predicted octanol–water partition coefficient (Wildman–Crippen LogP) is 2.51. The molecule has 0 aromatic carbocycles. The number of Topliss-reactive ketones (excluding diaryl/α,β-unsaturated/α-hetero) is 2. The van der Waals surface area contributed by atoms with Crippen molar-refractivity contribution in [3.8, 4) is 23.7 Å². The van der Waals surface area contributed by atoms with Crippen LogP contribution in [0.5, 0.6) is 0 Å². The molecule has 0 saturated carbocycles. The highest BCUT2D eigenvalue weighted by atomic mass is 16.1. The molecule has 0 saturated heterocycles. The summed E-state index contributed by atoms with van der Waals surface area (Å²) in [6.07, 6.45) is 4.64. The Labute approximate surface area is 97.8 Å². The molecule has 0 bridgehead atoms. The molecule has 0 aromatic rings. The number of hydrogen-bond donors (Lipinski definition) is 0. The van der Waals surface area contributed by atoms with Crippen molar-refractivity contribution in [1.29, 1.82) is 0 Å². The van der Waals surface area contributed by atoms with Gasteiger partial charge in [0.15, 0.2) is 0 Å². The second-order valence-electron chi connectivity index (χ2n) is 3.55. The van der Waals surface area contributed by atoms with Crippen LogP contribution in [0.1, 0.15) is 52.4 Å². The van der Waals surface area contributed by atoms with Crippen molar-refractivity contribution < 1.29 is 9.59 Å². The molecule has 0 aliphatic heterocycles. The van der Waals surface area contributed by atoms with Gasteiger partial charge in [-0.05, 0) is 36.5 Å². The molecule has 0 unspecified atom stereocenters. The van der Waals surface area contributed by atoms with Crippen LogP contribution in [0.4, 0.5) is 0 Å². The number of carbonyl (C=O) groups is 2. The van der Waals surface area contributed by atoms with Gasteiger partial charge in [-0.1, -0.05) is 26.7 Å². The lowest BCUT2D eigenvalue weighted by atomic mass is 10.2. The lowest BCUT2D eigenvalue weighted by Crippen LogP contribution is -1.92. The minimum absolute atomic E-state index is 0.0999. The van der Waals surface area contributed by atoms with Crippen molar-refractivity contribution in [2.75, 3.05) is 0 Å². The van der Waals surface area contributed by atoms with Crippen molar-refractivity contribution in [3.63, 3.8) is 0 Å². The van der Waals surface area contributed by atoms with E-state index in [1.54, 1.807) is 0 Å². The molecule has 0 rings (SSSR count). The zero-order chi connectivity index (χ0) is 12.2. The number of carbonyl (C=O) groups excluding carboxylic acids is 2. The number of unbranched alkanes of at least 4 members (excludes halogenated alkanes) is 2. The second-order valence-corrected chi connectivity index (χ2v) is 3.55. The Hall–Kier alpha value is -1.54. The minimum Gasteiger partial charge on any atom is -0.285 e.